The molecule has 4 rings (SSSR count). The summed E-state index contributed by atoms with van der Waals surface area (Å²) in [6.45, 7) is 0.524. The van der Waals surface area contributed by atoms with E-state index in [0.717, 1.165) is 18.4 Å². The minimum atomic E-state index is -0.516. The van der Waals surface area contributed by atoms with Crippen LogP contribution in [0.3, 0.4) is 0 Å². The zero-order valence-corrected chi connectivity index (χ0v) is 17.6. The summed E-state index contributed by atoms with van der Waals surface area (Å²) in [6.07, 6.45) is 3.20. The van der Waals surface area contributed by atoms with Crippen LogP contribution in [0.15, 0.2) is 69.3 Å². The highest BCUT2D eigenvalue weighted by Gasteiger charge is 2.17. The van der Waals surface area contributed by atoms with Crippen LogP contribution in [0.4, 0.5) is 5.95 Å². The van der Waals surface area contributed by atoms with Gasteiger partial charge in [0.25, 0.3) is 5.56 Å². The second-order valence-corrected chi connectivity index (χ2v) is 7.47. The smallest absolute Gasteiger partial charge is 0.303 e. The second-order valence-electron chi connectivity index (χ2n) is 7.06. The monoisotopic (exact) mass is 436 g/mol. The fourth-order valence-corrected chi connectivity index (χ4v) is 3.55. The van der Waals surface area contributed by atoms with Crippen molar-refractivity contribution < 1.29 is 0 Å². The van der Waals surface area contributed by atoms with Crippen LogP contribution < -0.4 is 16.7 Å². The van der Waals surface area contributed by atoms with E-state index in [2.05, 4.69) is 32.6 Å². The SMILES string of the molecule is Cn1c(=O)[nH]c(=O)c2c1nc(N/N=C\c1ccccc1Cl)n2CCCc1ccccc1. The number of nitrogens with zero attached hydrogens (tertiary/aromatic N) is 4. The predicted molar refractivity (Wildman–Crippen MR) is 123 cm³/mol. The number of benzene rings is 2. The molecule has 8 nitrogen and oxygen atoms in total. The van der Waals surface area contributed by atoms with Gasteiger partial charge < -0.3 is 4.57 Å². The van der Waals surface area contributed by atoms with Crippen LogP contribution in [0.2, 0.25) is 5.02 Å². The van der Waals surface area contributed by atoms with E-state index in [4.69, 9.17) is 11.6 Å². The van der Waals surface area contributed by atoms with Gasteiger partial charge in [0.1, 0.15) is 0 Å². The Labute approximate surface area is 182 Å². The molecule has 0 spiro atoms. The van der Waals surface area contributed by atoms with Gasteiger partial charge in [0.15, 0.2) is 11.2 Å². The normalized spacial score (nSPS) is 11.4. The first-order chi connectivity index (χ1) is 15.0. The van der Waals surface area contributed by atoms with Crippen LogP contribution in [0.1, 0.15) is 17.5 Å². The van der Waals surface area contributed by atoms with Crippen molar-refractivity contribution >= 4 is 34.9 Å². The molecule has 0 aliphatic carbocycles. The van der Waals surface area contributed by atoms with Crippen molar-refractivity contribution in [3.63, 3.8) is 0 Å². The minimum absolute atomic E-state index is 0.295. The number of aromatic amines is 1. The van der Waals surface area contributed by atoms with Crippen molar-refractivity contribution in [1.82, 2.24) is 19.1 Å². The van der Waals surface area contributed by atoms with Crippen molar-refractivity contribution in [1.29, 1.82) is 0 Å². The molecule has 0 aliphatic rings. The molecular formula is C22H21ClN6O2. The Hall–Kier alpha value is -3.65. The van der Waals surface area contributed by atoms with E-state index in [1.807, 2.05) is 36.4 Å². The van der Waals surface area contributed by atoms with Gasteiger partial charge in [-0.3, -0.25) is 14.3 Å². The van der Waals surface area contributed by atoms with E-state index in [0.29, 0.717) is 28.7 Å². The van der Waals surface area contributed by atoms with E-state index in [1.165, 1.54) is 10.1 Å². The average Bonchev–Trinajstić information content (AvgIpc) is 3.13. The van der Waals surface area contributed by atoms with Crippen molar-refractivity contribution in [3.05, 3.63) is 91.6 Å². The summed E-state index contributed by atoms with van der Waals surface area (Å²) in [5.41, 5.74) is 4.47. The topological polar surface area (TPSA) is 97.1 Å². The van der Waals surface area contributed by atoms with Gasteiger partial charge in [0.05, 0.1) is 6.21 Å². The van der Waals surface area contributed by atoms with Crippen LogP contribution in [-0.4, -0.2) is 25.3 Å². The Bertz CT molecular complexity index is 1350. The standard InChI is InChI=1S/C22H21ClN6O2/c1-28-19-18(20(30)26-22(28)31)29(13-7-10-15-8-3-2-4-9-15)21(25-19)27-24-14-16-11-5-6-12-17(16)23/h2-6,8-9,11-12,14H,7,10,13H2,1H3,(H,25,27)(H,26,30,31)/b24-14-. The molecule has 0 bridgehead atoms. The molecule has 0 fully saturated rings. The molecular weight excluding hydrogens is 416 g/mol. The van der Waals surface area contributed by atoms with E-state index in [9.17, 15) is 9.59 Å². The Morgan fingerprint density at radius 3 is 2.65 bits per heavy atom. The average molecular weight is 437 g/mol. The molecule has 0 saturated carbocycles. The lowest BCUT2D eigenvalue weighted by Gasteiger charge is -2.08. The van der Waals surface area contributed by atoms with Crippen LogP contribution in [0, 0.1) is 0 Å². The lowest BCUT2D eigenvalue weighted by Crippen LogP contribution is -2.29. The fourth-order valence-electron chi connectivity index (χ4n) is 3.36. The quantitative estimate of drug-likeness (QED) is 0.343. The van der Waals surface area contributed by atoms with Crippen molar-refractivity contribution in [3.8, 4) is 0 Å². The molecule has 0 unspecified atom stereocenters. The highest BCUT2D eigenvalue weighted by molar-refractivity contribution is 6.33. The number of halogens is 1. The maximum Gasteiger partial charge on any atom is 0.329 e. The molecule has 2 N–H and O–H groups in total. The number of hydrogen-bond donors (Lipinski definition) is 2. The third-order valence-corrected chi connectivity index (χ3v) is 5.31. The van der Waals surface area contributed by atoms with Crippen molar-refractivity contribution in [2.75, 3.05) is 5.43 Å². The third-order valence-electron chi connectivity index (χ3n) is 4.97. The van der Waals surface area contributed by atoms with Gasteiger partial charge in [0, 0.05) is 24.2 Å². The molecule has 9 heteroatoms. The third kappa shape index (κ3) is 4.44. The highest BCUT2D eigenvalue weighted by atomic mass is 35.5. The summed E-state index contributed by atoms with van der Waals surface area (Å²) in [6, 6.07) is 17.4. The Morgan fingerprint density at radius 1 is 1.13 bits per heavy atom. The van der Waals surface area contributed by atoms with E-state index in [-0.39, 0.29) is 0 Å². The number of fused-ring (bicyclic) bond motifs is 1. The first kappa shape index (κ1) is 20.6. The summed E-state index contributed by atoms with van der Waals surface area (Å²) >= 11 is 6.16. The summed E-state index contributed by atoms with van der Waals surface area (Å²) in [5, 5.41) is 4.81. The molecule has 2 aromatic heterocycles. The number of hydrogen-bond acceptors (Lipinski definition) is 5. The number of H-pyrrole nitrogens is 1. The summed E-state index contributed by atoms with van der Waals surface area (Å²) in [7, 11) is 1.57. The van der Waals surface area contributed by atoms with Crippen LogP contribution >= 0.6 is 11.6 Å². The molecule has 0 saturated heterocycles. The van der Waals surface area contributed by atoms with Gasteiger partial charge in [-0.2, -0.15) is 10.1 Å². The van der Waals surface area contributed by atoms with Crippen LogP contribution in [0.5, 0.6) is 0 Å². The Morgan fingerprint density at radius 2 is 1.87 bits per heavy atom. The molecule has 2 aromatic carbocycles. The van der Waals surface area contributed by atoms with Gasteiger partial charge in [-0.1, -0.05) is 60.1 Å². The van der Waals surface area contributed by atoms with E-state index < -0.39 is 11.2 Å². The van der Waals surface area contributed by atoms with Crippen LogP contribution in [0.25, 0.3) is 11.2 Å². The largest absolute Gasteiger partial charge is 0.329 e. The molecule has 158 valence electrons. The lowest BCUT2D eigenvalue weighted by molar-refractivity contribution is 0.659. The van der Waals surface area contributed by atoms with Gasteiger partial charge in [0.2, 0.25) is 5.95 Å². The predicted octanol–water partition coefficient (Wildman–Crippen LogP) is 3.16. The Kier molecular flexibility index (Phi) is 5.99. The first-order valence-corrected chi connectivity index (χ1v) is 10.2. The zero-order valence-electron chi connectivity index (χ0n) is 16.9. The maximum atomic E-state index is 12.5. The van der Waals surface area contributed by atoms with Crippen molar-refractivity contribution in [2.24, 2.45) is 12.1 Å². The fraction of sp³-hybridized carbons (Fsp3) is 0.182. The second kappa shape index (κ2) is 9.01. The summed E-state index contributed by atoms with van der Waals surface area (Å²) in [5.74, 6) is 0.373. The Balaban J connectivity index is 1.66. The number of aryl methyl sites for hydroxylation is 3. The van der Waals surface area contributed by atoms with Crippen molar-refractivity contribution in [2.45, 2.75) is 19.4 Å². The number of hydrazone groups is 1. The highest BCUT2D eigenvalue weighted by Crippen LogP contribution is 2.17. The molecule has 4 aromatic rings. The molecule has 0 atom stereocenters. The minimum Gasteiger partial charge on any atom is -0.303 e. The first-order valence-electron chi connectivity index (χ1n) is 9.81. The van der Waals surface area contributed by atoms with Gasteiger partial charge >= 0.3 is 5.69 Å². The van der Waals surface area contributed by atoms with Gasteiger partial charge in [-0.05, 0) is 24.5 Å². The number of imidazole rings is 1. The molecule has 0 amide bonds. The van der Waals surface area contributed by atoms with Crippen LogP contribution in [-0.2, 0) is 20.0 Å². The summed E-state index contributed by atoms with van der Waals surface area (Å²) < 4.78 is 3.06. The number of rotatable bonds is 7. The number of nitrogens with one attached hydrogen (secondary N) is 2. The summed E-state index contributed by atoms with van der Waals surface area (Å²) in [4.78, 5) is 31.4. The maximum absolute atomic E-state index is 12.5. The molecule has 0 aliphatic heterocycles. The zero-order chi connectivity index (χ0) is 21.8. The lowest BCUT2D eigenvalue weighted by atomic mass is 10.1. The number of anilines is 1. The van der Waals surface area contributed by atoms with Gasteiger partial charge in [-0.25, -0.2) is 10.2 Å². The van der Waals surface area contributed by atoms with E-state index in [1.54, 1.807) is 23.9 Å². The van der Waals surface area contributed by atoms with Gasteiger partial charge in [-0.15, -0.1) is 0 Å². The van der Waals surface area contributed by atoms with E-state index >= 15 is 0 Å². The number of aromatic nitrogens is 4. The molecule has 0 radical (unpaired) electrons. The molecule has 2 heterocycles. The molecule has 31 heavy (non-hydrogen) atoms.